The molecule has 12 N–H and O–H groups in total. The van der Waals surface area contributed by atoms with E-state index in [0.29, 0.717) is 0 Å². The van der Waals surface area contributed by atoms with E-state index >= 15 is 0 Å². The van der Waals surface area contributed by atoms with Crippen molar-refractivity contribution in [3.05, 3.63) is 0 Å². The van der Waals surface area contributed by atoms with Gasteiger partial charge in [0.1, 0.15) is 0 Å². The summed E-state index contributed by atoms with van der Waals surface area (Å²) in [4.78, 5) is 0. The monoisotopic (exact) mass is 280 g/mol. The summed E-state index contributed by atoms with van der Waals surface area (Å²) in [6.07, 6.45) is 0. The number of hydrogen-bond acceptors (Lipinski definition) is 0. The van der Waals surface area contributed by atoms with Crippen LogP contribution in [0.15, 0.2) is 0 Å². The second-order valence-corrected chi connectivity index (χ2v) is 0. The summed E-state index contributed by atoms with van der Waals surface area (Å²) in [7, 11) is 0. The Bertz CT molecular complexity index is 18.5. The maximum atomic E-state index is 0. The second kappa shape index (κ2) is 147. The molecule has 0 aliphatic heterocycles. The molecule has 9 heteroatoms. The Morgan fingerprint density at radius 3 is 0.444 bits per heavy atom. The van der Waals surface area contributed by atoms with E-state index in [2.05, 4.69) is 0 Å². The summed E-state index contributed by atoms with van der Waals surface area (Å²) in [6.45, 7) is 0. The van der Waals surface area contributed by atoms with Gasteiger partial charge in [-0.05, 0) is 0 Å². The van der Waals surface area contributed by atoms with Gasteiger partial charge in [-0.2, -0.15) is 0 Å². The molecule has 6 nitrogen and oxygen atoms in total. The molecule has 0 bridgehead atoms. The third-order valence-electron chi connectivity index (χ3n) is 0. The van der Waals surface area contributed by atoms with Crippen molar-refractivity contribution in [3.63, 3.8) is 0 Å². The Morgan fingerprint density at radius 1 is 0.444 bits per heavy atom. The van der Waals surface area contributed by atoms with E-state index in [4.69, 9.17) is 0 Å². The molecule has 0 aliphatic carbocycles. The Labute approximate surface area is 117 Å². The zero-order chi connectivity index (χ0) is 0. The van der Waals surface area contributed by atoms with Crippen LogP contribution in [0.4, 0.5) is 0 Å². The second-order valence-electron chi connectivity index (χ2n) is 0. The molecule has 0 spiro atoms. The van der Waals surface area contributed by atoms with Crippen LogP contribution >= 0.6 is 0 Å². The molecule has 0 unspecified atom stereocenters. The predicted molar refractivity (Wildman–Crippen MR) is 35.2 cm³/mol. The van der Waals surface area contributed by atoms with E-state index in [9.17, 15) is 0 Å². The zero-order valence-corrected chi connectivity index (χ0v) is 9.00. The third-order valence-corrected chi connectivity index (χ3v) is 0. The molecule has 0 saturated heterocycles. The third kappa shape index (κ3) is 118. The Morgan fingerprint density at radius 2 is 0.444 bits per heavy atom. The normalized spacial score (nSPS) is 0. The summed E-state index contributed by atoms with van der Waals surface area (Å²) in [5.74, 6) is 0. The number of rotatable bonds is 0. The van der Waals surface area contributed by atoms with Crippen LogP contribution in [0.2, 0.25) is 0 Å². The van der Waals surface area contributed by atoms with Gasteiger partial charge in [-0.25, -0.2) is 0 Å². The fraction of sp³-hybridized carbons (Fsp3) is 0. The molecule has 0 radical (unpaired) electrons. The van der Waals surface area contributed by atoms with E-state index in [1.54, 1.807) is 0 Å². The average Bonchev–Trinajstić information content (AvgIpc) is 0. The Balaban J connectivity index is 0. The van der Waals surface area contributed by atoms with Crippen molar-refractivity contribution in [1.29, 1.82) is 0 Å². The molecular weight excluding hydrogens is 261 g/mol. The fourth-order valence-electron chi connectivity index (χ4n) is 0. The molecule has 0 atom stereocenters. The molecule has 60 valence electrons. The van der Waals surface area contributed by atoms with Crippen molar-refractivity contribution >= 4 is 23.9 Å². The molecule has 0 fully saturated rings. The quantitative estimate of drug-likeness (QED) is 0.381. The molecule has 0 aromatic carbocycles. The Kier molecular flexibility index (Phi) is 3220. The summed E-state index contributed by atoms with van der Waals surface area (Å²) in [5.41, 5.74) is 0. The first kappa shape index (κ1) is 197. The van der Waals surface area contributed by atoms with Gasteiger partial charge in [0.15, 0.2) is 0 Å². The SMILES string of the molecule is O.O.O.O.O.O.[H-].[H-].[Na+].[Na+].[SnH4]. The Hall–Kier alpha value is 2.56. The summed E-state index contributed by atoms with van der Waals surface area (Å²) < 4.78 is 0. The van der Waals surface area contributed by atoms with Gasteiger partial charge in [-0.1, -0.05) is 0 Å². The van der Waals surface area contributed by atoms with Gasteiger partial charge in [0.05, 0.1) is 0 Å². The molecule has 0 amide bonds. The van der Waals surface area contributed by atoms with Crippen LogP contribution in [0, 0.1) is 0 Å². The van der Waals surface area contributed by atoms with E-state index in [0.717, 1.165) is 0 Å². The fourth-order valence-corrected chi connectivity index (χ4v) is 0. The van der Waals surface area contributed by atoms with Crippen LogP contribution in [0.1, 0.15) is 2.85 Å². The molecular formula is H18Na2O6Sn. The van der Waals surface area contributed by atoms with Gasteiger partial charge < -0.3 is 35.7 Å². The van der Waals surface area contributed by atoms with Crippen LogP contribution in [-0.2, 0) is 0 Å². The van der Waals surface area contributed by atoms with Gasteiger partial charge in [0, 0.05) is 0 Å². The van der Waals surface area contributed by atoms with Crippen molar-refractivity contribution in [2.45, 2.75) is 0 Å². The van der Waals surface area contributed by atoms with Gasteiger partial charge >= 0.3 is 83.0 Å². The molecule has 0 saturated carbocycles. The van der Waals surface area contributed by atoms with Crippen molar-refractivity contribution in [2.75, 3.05) is 0 Å². The average molecular weight is 279 g/mol. The van der Waals surface area contributed by atoms with Gasteiger partial charge in [0.2, 0.25) is 0 Å². The summed E-state index contributed by atoms with van der Waals surface area (Å²) >= 11 is 0. The summed E-state index contributed by atoms with van der Waals surface area (Å²) in [5, 5.41) is 0. The van der Waals surface area contributed by atoms with E-state index < -0.39 is 0 Å². The van der Waals surface area contributed by atoms with Crippen LogP contribution in [0.5, 0.6) is 0 Å². The van der Waals surface area contributed by atoms with E-state index in [-0.39, 0.29) is 119 Å². The van der Waals surface area contributed by atoms with Gasteiger partial charge in [-0.3, -0.25) is 0 Å². The van der Waals surface area contributed by atoms with Crippen LogP contribution < -0.4 is 59.1 Å². The predicted octanol–water partition coefficient (Wildman–Crippen LogP) is -12.2. The first-order valence-electron chi connectivity index (χ1n) is 0. The molecule has 0 aromatic heterocycles. The van der Waals surface area contributed by atoms with Crippen molar-refractivity contribution in [2.24, 2.45) is 0 Å². The molecule has 0 aromatic rings. The zero-order valence-electron chi connectivity index (χ0n) is 7.00. The maximum absolute atomic E-state index is 0. The first-order chi connectivity index (χ1) is 0. The first-order valence-corrected chi connectivity index (χ1v) is 0. The topological polar surface area (TPSA) is 189 Å². The minimum absolute atomic E-state index is 0. The van der Waals surface area contributed by atoms with Crippen LogP contribution in [-0.4, -0.2) is 56.8 Å². The molecule has 0 aliphatic rings. The van der Waals surface area contributed by atoms with Crippen molar-refractivity contribution in [3.8, 4) is 0 Å². The van der Waals surface area contributed by atoms with Crippen molar-refractivity contribution in [1.82, 2.24) is 0 Å². The minimum atomic E-state index is 0. The molecule has 0 heterocycles. The van der Waals surface area contributed by atoms with Crippen molar-refractivity contribution < 1.29 is 94.8 Å². The van der Waals surface area contributed by atoms with E-state index in [1.807, 2.05) is 0 Å². The van der Waals surface area contributed by atoms with Gasteiger partial charge in [0.25, 0.3) is 0 Å². The number of hydrogen-bond donors (Lipinski definition) is 0. The van der Waals surface area contributed by atoms with Crippen LogP contribution in [0.25, 0.3) is 0 Å². The molecule has 9 heavy (non-hydrogen) atoms. The van der Waals surface area contributed by atoms with Crippen LogP contribution in [0.3, 0.4) is 0 Å². The van der Waals surface area contributed by atoms with Gasteiger partial charge in [-0.15, -0.1) is 0 Å². The summed E-state index contributed by atoms with van der Waals surface area (Å²) in [6, 6.07) is 0. The standard InChI is InChI=1S/2Na.6H2O.Sn.6H/h;;6*1H2;;;;;;;/q2*+1;;;;;;;;;;;;2*-1. The van der Waals surface area contributed by atoms with E-state index in [1.165, 1.54) is 0 Å². The molecule has 0 rings (SSSR count).